The second kappa shape index (κ2) is 3.96. The third kappa shape index (κ3) is 1.82. The van der Waals surface area contributed by atoms with Crippen molar-refractivity contribution in [1.29, 1.82) is 0 Å². The van der Waals surface area contributed by atoms with Gasteiger partial charge in [0.2, 0.25) is 0 Å². The molecule has 0 unspecified atom stereocenters. The monoisotopic (exact) mass is 245 g/mol. The third-order valence-corrected chi connectivity index (χ3v) is 3.11. The van der Waals surface area contributed by atoms with Gasteiger partial charge in [0.05, 0.1) is 11.3 Å². The molecule has 0 saturated heterocycles. The number of aromatic nitrogens is 1. The number of nitrogens with zero attached hydrogens (tertiary/aromatic N) is 1. The quantitative estimate of drug-likeness (QED) is 0.816. The highest BCUT2D eigenvalue weighted by molar-refractivity contribution is 7.82. The Balaban J connectivity index is 2.66. The van der Waals surface area contributed by atoms with Gasteiger partial charge in [-0.1, -0.05) is 11.6 Å². The second-order valence-electron chi connectivity index (χ2n) is 2.68. The van der Waals surface area contributed by atoms with Crippen LogP contribution >= 0.6 is 35.6 Å². The lowest BCUT2D eigenvalue weighted by Gasteiger charge is -2.03. The zero-order valence-corrected chi connectivity index (χ0v) is 9.92. The van der Waals surface area contributed by atoms with Crippen molar-refractivity contribution >= 4 is 45.8 Å². The van der Waals surface area contributed by atoms with E-state index in [0.29, 0.717) is 11.6 Å². The van der Waals surface area contributed by atoms with Crippen LogP contribution in [0.15, 0.2) is 16.5 Å². The first-order valence-corrected chi connectivity index (χ1v) is 5.76. The molecule has 0 radical (unpaired) electrons. The van der Waals surface area contributed by atoms with Crippen molar-refractivity contribution in [3.05, 3.63) is 17.2 Å². The molecule has 14 heavy (non-hydrogen) atoms. The van der Waals surface area contributed by atoms with Crippen LogP contribution in [0.5, 0.6) is 5.75 Å². The van der Waals surface area contributed by atoms with Gasteiger partial charge in [0.1, 0.15) is 15.6 Å². The lowest BCUT2D eigenvalue weighted by molar-refractivity contribution is 0.343. The molecule has 2 aromatic rings. The maximum Gasteiger partial charge on any atom is 0.148 e. The van der Waals surface area contributed by atoms with Crippen molar-refractivity contribution in [3.8, 4) is 5.75 Å². The largest absolute Gasteiger partial charge is 0.492 e. The third-order valence-electron chi connectivity index (χ3n) is 1.71. The fourth-order valence-electron chi connectivity index (χ4n) is 1.22. The Labute approximate surface area is 96.3 Å². The molecule has 0 aliphatic carbocycles. The van der Waals surface area contributed by atoms with Gasteiger partial charge in [0.15, 0.2) is 0 Å². The van der Waals surface area contributed by atoms with Crippen LogP contribution in [0.1, 0.15) is 6.92 Å². The predicted molar refractivity (Wildman–Crippen MR) is 63.1 cm³/mol. The highest BCUT2D eigenvalue weighted by Gasteiger charge is 2.08. The van der Waals surface area contributed by atoms with E-state index in [1.807, 2.05) is 13.0 Å². The van der Waals surface area contributed by atoms with E-state index in [2.05, 4.69) is 17.6 Å². The molecular formula is C9H8ClNOS2. The molecule has 2 rings (SSSR count). The fraction of sp³-hybridized carbons (Fsp3) is 0.222. The number of hydrogen-bond acceptors (Lipinski definition) is 4. The normalized spacial score (nSPS) is 10.8. The Bertz CT molecular complexity index is 469. The van der Waals surface area contributed by atoms with Gasteiger partial charge in [0.25, 0.3) is 0 Å². The molecule has 1 aromatic heterocycles. The summed E-state index contributed by atoms with van der Waals surface area (Å²) in [5.74, 6) is 0.728. The summed E-state index contributed by atoms with van der Waals surface area (Å²) in [6, 6.07) is 3.65. The number of ether oxygens (including phenoxy) is 1. The average molecular weight is 246 g/mol. The Kier molecular flexibility index (Phi) is 2.85. The standard InChI is InChI=1S/C9H8ClNOS2/c1-2-12-6-3-5(10)4-7-8(6)11-9(13)14-7/h3-4H,2H2,1H3,(H,11,13). The van der Waals surface area contributed by atoms with Crippen molar-refractivity contribution < 1.29 is 4.74 Å². The van der Waals surface area contributed by atoms with Crippen LogP contribution in [0, 0.1) is 0 Å². The number of hydrogen-bond donors (Lipinski definition) is 1. The summed E-state index contributed by atoms with van der Waals surface area (Å²) >= 11 is 11.6. The van der Waals surface area contributed by atoms with Crippen molar-refractivity contribution in [2.24, 2.45) is 0 Å². The van der Waals surface area contributed by atoms with E-state index in [0.717, 1.165) is 20.3 Å². The molecule has 5 heteroatoms. The Morgan fingerprint density at radius 3 is 3.07 bits per heavy atom. The minimum absolute atomic E-state index is 0.606. The summed E-state index contributed by atoms with van der Waals surface area (Å²) in [7, 11) is 0. The first-order valence-electron chi connectivity index (χ1n) is 4.12. The van der Waals surface area contributed by atoms with E-state index in [1.54, 1.807) is 6.07 Å². The van der Waals surface area contributed by atoms with Gasteiger partial charge in [-0.25, -0.2) is 4.98 Å². The number of thiol groups is 1. The maximum absolute atomic E-state index is 5.94. The van der Waals surface area contributed by atoms with Crippen LogP contribution in [0.25, 0.3) is 10.2 Å². The average Bonchev–Trinajstić information content (AvgIpc) is 2.45. The Hall–Kier alpha value is -0.450. The van der Waals surface area contributed by atoms with Gasteiger partial charge in [-0.2, -0.15) is 0 Å². The number of thiazole rings is 1. The van der Waals surface area contributed by atoms with Gasteiger partial charge >= 0.3 is 0 Å². The molecular weight excluding hydrogens is 238 g/mol. The van der Waals surface area contributed by atoms with Crippen LogP contribution in [0.3, 0.4) is 0 Å². The Morgan fingerprint density at radius 2 is 2.36 bits per heavy atom. The Morgan fingerprint density at radius 1 is 1.57 bits per heavy atom. The van der Waals surface area contributed by atoms with Gasteiger partial charge in [0, 0.05) is 11.1 Å². The summed E-state index contributed by atoms with van der Waals surface area (Å²) < 4.78 is 7.17. The van der Waals surface area contributed by atoms with Gasteiger partial charge in [-0.3, -0.25) is 0 Å². The molecule has 0 amide bonds. The van der Waals surface area contributed by atoms with E-state index in [1.165, 1.54) is 11.3 Å². The van der Waals surface area contributed by atoms with Gasteiger partial charge < -0.3 is 4.74 Å². The number of halogens is 1. The van der Waals surface area contributed by atoms with Crippen molar-refractivity contribution in [2.75, 3.05) is 6.61 Å². The summed E-state index contributed by atoms with van der Waals surface area (Å²) in [5.41, 5.74) is 0.839. The lowest BCUT2D eigenvalue weighted by atomic mass is 10.3. The summed E-state index contributed by atoms with van der Waals surface area (Å²) in [6.45, 7) is 2.54. The lowest BCUT2D eigenvalue weighted by Crippen LogP contribution is -1.92. The summed E-state index contributed by atoms with van der Waals surface area (Å²) in [4.78, 5) is 4.27. The molecule has 0 saturated carbocycles. The molecule has 1 heterocycles. The van der Waals surface area contributed by atoms with Crippen molar-refractivity contribution in [3.63, 3.8) is 0 Å². The molecule has 1 aromatic carbocycles. The molecule has 0 fully saturated rings. The minimum atomic E-state index is 0.606. The minimum Gasteiger partial charge on any atom is -0.492 e. The van der Waals surface area contributed by atoms with Crippen LogP contribution in [-0.2, 0) is 0 Å². The van der Waals surface area contributed by atoms with Crippen LogP contribution in [0.4, 0.5) is 0 Å². The molecule has 0 spiro atoms. The van der Waals surface area contributed by atoms with Crippen LogP contribution in [0.2, 0.25) is 5.02 Å². The van der Waals surface area contributed by atoms with Crippen LogP contribution in [-0.4, -0.2) is 11.6 Å². The number of rotatable bonds is 2. The summed E-state index contributed by atoms with van der Waals surface area (Å²) in [6.07, 6.45) is 0. The summed E-state index contributed by atoms with van der Waals surface area (Å²) in [5, 5.41) is 0.665. The van der Waals surface area contributed by atoms with Gasteiger partial charge in [-0.05, 0) is 13.0 Å². The van der Waals surface area contributed by atoms with Crippen molar-refractivity contribution in [2.45, 2.75) is 11.3 Å². The smallest absolute Gasteiger partial charge is 0.148 e. The van der Waals surface area contributed by atoms with E-state index >= 15 is 0 Å². The zero-order chi connectivity index (χ0) is 10.1. The van der Waals surface area contributed by atoms with E-state index < -0.39 is 0 Å². The molecule has 0 aliphatic heterocycles. The van der Waals surface area contributed by atoms with Gasteiger partial charge in [-0.15, -0.1) is 24.0 Å². The molecule has 0 N–H and O–H groups in total. The topological polar surface area (TPSA) is 22.1 Å². The number of benzene rings is 1. The van der Waals surface area contributed by atoms with Crippen molar-refractivity contribution in [1.82, 2.24) is 4.98 Å². The predicted octanol–water partition coefficient (Wildman–Crippen LogP) is 3.64. The van der Waals surface area contributed by atoms with E-state index in [-0.39, 0.29) is 0 Å². The second-order valence-corrected chi connectivity index (χ2v) is 4.87. The SMILES string of the molecule is CCOc1cc(Cl)cc2sc(S)nc12. The highest BCUT2D eigenvalue weighted by Crippen LogP contribution is 2.34. The van der Waals surface area contributed by atoms with E-state index in [9.17, 15) is 0 Å². The number of fused-ring (bicyclic) bond motifs is 1. The fourth-order valence-corrected chi connectivity index (χ4v) is 2.65. The molecule has 74 valence electrons. The molecule has 2 nitrogen and oxygen atoms in total. The zero-order valence-electron chi connectivity index (χ0n) is 7.45. The highest BCUT2D eigenvalue weighted by atomic mass is 35.5. The maximum atomic E-state index is 5.94. The van der Waals surface area contributed by atoms with Crippen LogP contribution < -0.4 is 4.74 Å². The first kappa shape index (κ1) is 10.1. The van der Waals surface area contributed by atoms with E-state index in [4.69, 9.17) is 16.3 Å². The molecule has 0 bridgehead atoms. The first-order chi connectivity index (χ1) is 6.70. The molecule has 0 aliphatic rings. The molecule has 0 atom stereocenters.